The van der Waals surface area contributed by atoms with Gasteiger partial charge in [0.05, 0.1) is 31.3 Å². The largest absolute Gasteiger partial charge is 0.493 e. The van der Waals surface area contributed by atoms with E-state index in [2.05, 4.69) is 10.2 Å². The molecule has 0 spiro atoms. The number of nitrogens with zero attached hydrogens (tertiary/aromatic N) is 3. The van der Waals surface area contributed by atoms with Crippen molar-refractivity contribution in [3.05, 3.63) is 41.9 Å². The van der Waals surface area contributed by atoms with Gasteiger partial charge in [-0.05, 0) is 38.1 Å². The lowest BCUT2D eigenvalue weighted by Gasteiger charge is -2.12. The molecule has 27 heavy (non-hydrogen) atoms. The predicted octanol–water partition coefficient (Wildman–Crippen LogP) is 3.76. The molecule has 1 atom stereocenters. The number of carbonyl (C=O) groups excluding carboxylic acids is 1. The van der Waals surface area contributed by atoms with Gasteiger partial charge >= 0.3 is 0 Å². The van der Waals surface area contributed by atoms with Crippen LogP contribution < -0.4 is 9.47 Å². The van der Waals surface area contributed by atoms with Crippen molar-refractivity contribution in [2.45, 2.75) is 24.3 Å². The summed E-state index contributed by atoms with van der Waals surface area (Å²) in [7, 11) is 4.98. The van der Waals surface area contributed by atoms with Crippen LogP contribution in [0.1, 0.15) is 23.0 Å². The molecule has 0 N–H and O–H groups in total. The standard InChI is InChI=1S/C19H21N3O4S/c1-11-14(8-9-26-11)18-20-21-19(22(18)3)27-12(2)17(23)13-6-7-15(24-4)16(10-13)25-5/h6-10,12H,1-5H3. The molecule has 3 rings (SSSR count). The Morgan fingerprint density at radius 3 is 2.56 bits per heavy atom. The first-order chi connectivity index (χ1) is 13.0. The second-order valence-corrected chi connectivity index (χ2v) is 7.26. The van der Waals surface area contributed by atoms with Crippen molar-refractivity contribution in [1.29, 1.82) is 0 Å². The van der Waals surface area contributed by atoms with E-state index in [4.69, 9.17) is 13.9 Å². The van der Waals surface area contributed by atoms with Crippen molar-refractivity contribution in [1.82, 2.24) is 14.8 Å². The highest BCUT2D eigenvalue weighted by atomic mass is 32.2. The molecule has 0 amide bonds. The van der Waals surface area contributed by atoms with E-state index in [0.717, 1.165) is 11.3 Å². The lowest BCUT2D eigenvalue weighted by Crippen LogP contribution is -2.14. The van der Waals surface area contributed by atoms with E-state index in [-0.39, 0.29) is 11.0 Å². The molecule has 0 bridgehead atoms. The molecule has 0 aliphatic rings. The Kier molecular flexibility index (Phi) is 5.55. The number of rotatable bonds is 7. The Morgan fingerprint density at radius 1 is 1.19 bits per heavy atom. The van der Waals surface area contributed by atoms with Crippen LogP contribution in [0, 0.1) is 6.92 Å². The first-order valence-electron chi connectivity index (χ1n) is 8.33. The van der Waals surface area contributed by atoms with Crippen LogP contribution in [0.2, 0.25) is 0 Å². The molecule has 2 heterocycles. The van der Waals surface area contributed by atoms with Gasteiger partial charge in [0.15, 0.2) is 28.3 Å². The van der Waals surface area contributed by atoms with Crippen LogP contribution in [-0.4, -0.2) is 40.0 Å². The van der Waals surface area contributed by atoms with Gasteiger partial charge in [0.25, 0.3) is 0 Å². The maximum Gasteiger partial charge on any atom is 0.191 e. The number of ketones is 1. The molecule has 3 aromatic rings. The Bertz CT molecular complexity index is 964. The number of thioether (sulfide) groups is 1. The minimum absolute atomic E-state index is 0.0232. The van der Waals surface area contributed by atoms with Crippen LogP contribution >= 0.6 is 11.8 Å². The summed E-state index contributed by atoms with van der Waals surface area (Å²) in [6.07, 6.45) is 1.62. The van der Waals surface area contributed by atoms with E-state index < -0.39 is 0 Å². The lowest BCUT2D eigenvalue weighted by atomic mass is 10.1. The zero-order valence-corrected chi connectivity index (χ0v) is 16.7. The Morgan fingerprint density at radius 2 is 1.93 bits per heavy atom. The number of aryl methyl sites for hydroxylation is 1. The Labute approximate surface area is 161 Å². The fraction of sp³-hybridized carbons (Fsp3) is 0.316. The minimum Gasteiger partial charge on any atom is -0.493 e. The van der Waals surface area contributed by atoms with Crippen LogP contribution in [0.25, 0.3) is 11.4 Å². The molecule has 142 valence electrons. The molecular formula is C19H21N3O4S. The second-order valence-electron chi connectivity index (χ2n) is 5.95. The lowest BCUT2D eigenvalue weighted by molar-refractivity contribution is 0.0993. The van der Waals surface area contributed by atoms with E-state index in [1.807, 2.05) is 31.5 Å². The zero-order chi connectivity index (χ0) is 19.6. The van der Waals surface area contributed by atoms with Gasteiger partial charge in [0.1, 0.15) is 5.76 Å². The van der Waals surface area contributed by atoms with Crippen molar-refractivity contribution in [3.8, 4) is 22.9 Å². The third-order valence-corrected chi connectivity index (χ3v) is 5.39. The molecule has 0 fully saturated rings. The third-order valence-electron chi connectivity index (χ3n) is 4.25. The van der Waals surface area contributed by atoms with Crippen LogP contribution in [0.3, 0.4) is 0 Å². The summed E-state index contributed by atoms with van der Waals surface area (Å²) in [5.74, 6) is 2.57. The highest BCUT2D eigenvalue weighted by molar-refractivity contribution is 8.00. The minimum atomic E-state index is -0.343. The van der Waals surface area contributed by atoms with E-state index in [1.54, 1.807) is 38.7 Å². The SMILES string of the molecule is COc1ccc(C(=O)C(C)Sc2nnc(-c3ccoc3C)n2C)cc1OC. The van der Waals surface area contributed by atoms with Crippen LogP contribution in [-0.2, 0) is 7.05 Å². The number of carbonyl (C=O) groups is 1. The van der Waals surface area contributed by atoms with Crippen LogP contribution in [0.15, 0.2) is 40.1 Å². The van der Waals surface area contributed by atoms with Gasteiger partial charge in [-0.1, -0.05) is 11.8 Å². The number of furan rings is 1. The van der Waals surface area contributed by atoms with E-state index in [1.165, 1.54) is 11.8 Å². The topological polar surface area (TPSA) is 79.4 Å². The Hall–Kier alpha value is -2.74. The molecule has 0 aliphatic heterocycles. The molecule has 1 aromatic carbocycles. The number of benzene rings is 1. The van der Waals surface area contributed by atoms with Crippen molar-refractivity contribution < 1.29 is 18.7 Å². The average Bonchev–Trinajstić information content (AvgIpc) is 3.26. The molecule has 0 saturated carbocycles. The smallest absolute Gasteiger partial charge is 0.191 e. The van der Waals surface area contributed by atoms with Gasteiger partial charge < -0.3 is 18.5 Å². The van der Waals surface area contributed by atoms with E-state index in [0.29, 0.717) is 28.0 Å². The summed E-state index contributed by atoms with van der Waals surface area (Å²) in [6.45, 7) is 3.72. The first-order valence-corrected chi connectivity index (χ1v) is 9.21. The number of aromatic nitrogens is 3. The molecule has 1 unspecified atom stereocenters. The average molecular weight is 387 g/mol. The molecule has 7 nitrogen and oxygen atoms in total. The molecular weight excluding hydrogens is 366 g/mol. The highest BCUT2D eigenvalue weighted by Crippen LogP contribution is 2.31. The molecule has 8 heteroatoms. The van der Waals surface area contributed by atoms with Gasteiger partial charge in [-0.3, -0.25) is 4.79 Å². The Balaban J connectivity index is 1.80. The maximum atomic E-state index is 12.8. The zero-order valence-electron chi connectivity index (χ0n) is 15.8. The van der Waals surface area contributed by atoms with Crippen molar-refractivity contribution in [3.63, 3.8) is 0 Å². The van der Waals surface area contributed by atoms with Crippen LogP contribution in [0.5, 0.6) is 11.5 Å². The molecule has 0 aliphatic carbocycles. The second kappa shape index (κ2) is 7.87. The molecule has 2 aromatic heterocycles. The molecule has 0 radical (unpaired) electrons. The normalized spacial score (nSPS) is 12.0. The van der Waals surface area contributed by atoms with Crippen molar-refractivity contribution in [2.24, 2.45) is 7.05 Å². The maximum absolute atomic E-state index is 12.8. The van der Waals surface area contributed by atoms with Gasteiger partial charge in [0.2, 0.25) is 0 Å². The summed E-state index contributed by atoms with van der Waals surface area (Å²) in [4.78, 5) is 12.8. The number of ether oxygens (including phenoxy) is 2. The third kappa shape index (κ3) is 3.71. The summed E-state index contributed by atoms with van der Waals surface area (Å²) < 4.78 is 17.7. The number of Topliss-reactive ketones (excluding diaryl/α,β-unsaturated/α-hetero) is 1. The van der Waals surface area contributed by atoms with Crippen molar-refractivity contribution >= 4 is 17.5 Å². The monoisotopic (exact) mass is 387 g/mol. The summed E-state index contributed by atoms with van der Waals surface area (Å²) in [6, 6.07) is 7.00. The summed E-state index contributed by atoms with van der Waals surface area (Å²) >= 11 is 1.36. The summed E-state index contributed by atoms with van der Waals surface area (Å²) in [5.41, 5.74) is 1.44. The fourth-order valence-electron chi connectivity index (χ4n) is 2.70. The molecule has 0 saturated heterocycles. The van der Waals surface area contributed by atoms with Gasteiger partial charge in [-0.2, -0.15) is 0 Å². The van der Waals surface area contributed by atoms with E-state index >= 15 is 0 Å². The number of methoxy groups -OCH3 is 2. The van der Waals surface area contributed by atoms with Gasteiger partial charge in [-0.25, -0.2) is 0 Å². The van der Waals surface area contributed by atoms with E-state index in [9.17, 15) is 4.79 Å². The number of hydrogen-bond donors (Lipinski definition) is 0. The van der Waals surface area contributed by atoms with Crippen LogP contribution in [0.4, 0.5) is 0 Å². The highest BCUT2D eigenvalue weighted by Gasteiger charge is 2.22. The first kappa shape index (κ1) is 19.0. The fourth-order valence-corrected chi connectivity index (χ4v) is 3.60. The summed E-state index contributed by atoms with van der Waals surface area (Å²) in [5, 5.41) is 8.78. The quantitative estimate of drug-likeness (QED) is 0.451. The van der Waals surface area contributed by atoms with Gasteiger partial charge in [0, 0.05) is 12.6 Å². The van der Waals surface area contributed by atoms with Crippen molar-refractivity contribution in [2.75, 3.05) is 14.2 Å². The predicted molar refractivity (Wildman–Crippen MR) is 103 cm³/mol. The van der Waals surface area contributed by atoms with Gasteiger partial charge in [-0.15, -0.1) is 10.2 Å². The number of hydrogen-bond acceptors (Lipinski definition) is 7.